The first-order valence-corrected chi connectivity index (χ1v) is 11.5. The number of hydrogen-bond acceptors (Lipinski definition) is 6. The Morgan fingerprint density at radius 3 is 2.41 bits per heavy atom. The summed E-state index contributed by atoms with van der Waals surface area (Å²) >= 11 is 0. The molecule has 0 radical (unpaired) electrons. The van der Waals surface area contributed by atoms with Crippen LogP contribution in [0.3, 0.4) is 0 Å². The van der Waals surface area contributed by atoms with Crippen LogP contribution in [0.4, 0.5) is 23.4 Å². The van der Waals surface area contributed by atoms with E-state index < -0.39 is 17.4 Å². The van der Waals surface area contributed by atoms with Crippen molar-refractivity contribution in [3.8, 4) is 11.3 Å². The number of ether oxygens (including phenoxy) is 1. The zero-order chi connectivity index (χ0) is 27.4. The summed E-state index contributed by atoms with van der Waals surface area (Å²) in [5.41, 5.74) is 1.50. The minimum absolute atomic E-state index is 0.0162. The molecule has 0 atom stereocenters. The highest BCUT2D eigenvalue weighted by Gasteiger charge is 2.66. The van der Waals surface area contributed by atoms with E-state index >= 15 is 0 Å². The molecule has 0 unspecified atom stereocenters. The summed E-state index contributed by atoms with van der Waals surface area (Å²) in [6, 6.07) is 8.35. The topological polar surface area (TPSA) is 77.0 Å². The molecule has 0 aliphatic heterocycles. The van der Waals surface area contributed by atoms with Crippen LogP contribution < -0.4 is 5.32 Å². The van der Waals surface area contributed by atoms with E-state index in [1.807, 2.05) is 12.1 Å². The second-order valence-corrected chi connectivity index (χ2v) is 8.87. The van der Waals surface area contributed by atoms with E-state index in [9.17, 15) is 22.4 Å². The van der Waals surface area contributed by atoms with Gasteiger partial charge in [0.1, 0.15) is 34.1 Å². The fraction of sp³-hybridized carbons (Fsp3) is 0.333. The molecule has 3 aromatic rings. The minimum atomic E-state index is -4.22. The van der Waals surface area contributed by atoms with Gasteiger partial charge in [0.2, 0.25) is 0 Å². The average molecular weight is 517 g/mol. The fourth-order valence-electron chi connectivity index (χ4n) is 3.71. The lowest BCUT2D eigenvalue weighted by molar-refractivity contribution is -0.184. The summed E-state index contributed by atoms with van der Waals surface area (Å²) < 4.78 is 56.8. The third-order valence-corrected chi connectivity index (χ3v) is 5.81. The van der Waals surface area contributed by atoms with Gasteiger partial charge in [-0.05, 0) is 56.5 Å². The number of nitrogens with one attached hydrogen (secondary N) is 1. The predicted molar refractivity (Wildman–Crippen MR) is 134 cm³/mol. The van der Waals surface area contributed by atoms with Crippen molar-refractivity contribution in [2.75, 3.05) is 19.5 Å². The highest BCUT2D eigenvalue weighted by Crippen LogP contribution is 2.62. The molecule has 0 bridgehead atoms. The second-order valence-electron chi connectivity index (χ2n) is 8.87. The summed E-state index contributed by atoms with van der Waals surface area (Å²) in [6.07, 6.45) is -0.956. The Kier molecular flexibility index (Phi) is 8.30. The van der Waals surface area contributed by atoms with Crippen molar-refractivity contribution in [3.05, 3.63) is 71.9 Å². The minimum Gasteiger partial charge on any atom is -0.500 e. The van der Waals surface area contributed by atoms with Gasteiger partial charge in [-0.25, -0.2) is 14.4 Å². The van der Waals surface area contributed by atoms with Crippen LogP contribution in [0.1, 0.15) is 32.3 Å². The Balaban J connectivity index is 0.000000233. The molecule has 4 rings (SSSR count). The molecule has 2 heterocycles. The standard InChI is InChI=1S/C17H15FN4O.C10H13F3O/c1-10(23)7-11-3-4-12(8-13(11)18)15-9-20-14-5-6-16(19-2)22-17(14)21-15;1-7(2)6-8(14-3)9(4-5-9)10(11,12)13/h3-6,8-9H,7H2,1-2H3,(H,19,21,22);6H,1,4-5H2,2-3H3/b;8-6-. The Bertz CT molecular complexity index is 1350. The van der Waals surface area contributed by atoms with Crippen LogP contribution in [-0.2, 0) is 16.0 Å². The van der Waals surface area contributed by atoms with E-state index in [1.165, 1.54) is 26.2 Å². The number of carbonyl (C=O) groups is 1. The number of carbonyl (C=O) groups excluding carboxylic acids is 1. The maximum atomic E-state index is 14.1. The van der Waals surface area contributed by atoms with Crippen LogP contribution in [0, 0.1) is 11.2 Å². The summed E-state index contributed by atoms with van der Waals surface area (Å²) in [5.74, 6) is 0.173. The lowest BCUT2D eigenvalue weighted by Gasteiger charge is -2.21. The molecule has 0 spiro atoms. The number of rotatable bonds is 7. The smallest absolute Gasteiger partial charge is 0.401 e. The summed E-state index contributed by atoms with van der Waals surface area (Å²) in [4.78, 5) is 24.2. The number of halogens is 4. The number of methoxy groups -OCH3 is 1. The lowest BCUT2D eigenvalue weighted by Crippen LogP contribution is -2.27. The van der Waals surface area contributed by atoms with Gasteiger partial charge in [0.05, 0.1) is 19.0 Å². The van der Waals surface area contributed by atoms with E-state index in [0.717, 1.165) is 0 Å². The van der Waals surface area contributed by atoms with Gasteiger partial charge in [-0.15, -0.1) is 0 Å². The predicted octanol–water partition coefficient (Wildman–Crippen LogP) is 6.44. The van der Waals surface area contributed by atoms with Gasteiger partial charge in [-0.3, -0.25) is 9.78 Å². The first-order valence-electron chi connectivity index (χ1n) is 11.5. The van der Waals surface area contributed by atoms with E-state index in [1.54, 1.807) is 32.3 Å². The number of Topliss-reactive ketones (excluding diaryl/α,β-unsaturated/α-hetero) is 1. The summed E-state index contributed by atoms with van der Waals surface area (Å²) in [7, 11) is 3.04. The molecular weight excluding hydrogens is 488 g/mol. The molecule has 1 aliphatic rings. The van der Waals surface area contributed by atoms with Gasteiger partial charge < -0.3 is 10.1 Å². The zero-order valence-corrected chi connectivity index (χ0v) is 21.0. The van der Waals surface area contributed by atoms with Gasteiger partial charge >= 0.3 is 6.18 Å². The number of allylic oxidation sites excluding steroid dienone is 3. The van der Waals surface area contributed by atoms with Crippen LogP contribution in [0.25, 0.3) is 22.4 Å². The Morgan fingerprint density at radius 2 is 1.89 bits per heavy atom. The van der Waals surface area contributed by atoms with Crippen molar-refractivity contribution < 1.29 is 27.1 Å². The number of anilines is 1. The first-order chi connectivity index (χ1) is 17.4. The third kappa shape index (κ3) is 6.49. The molecule has 196 valence electrons. The third-order valence-electron chi connectivity index (χ3n) is 5.81. The Morgan fingerprint density at radius 1 is 1.19 bits per heavy atom. The average Bonchev–Trinajstić information content (AvgIpc) is 3.65. The molecule has 1 aromatic carbocycles. The molecular formula is C27H28F4N4O2. The summed E-state index contributed by atoms with van der Waals surface area (Å²) in [5, 5.41) is 2.94. The van der Waals surface area contributed by atoms with Crippen LogP contribution in [0.15, 0.2) is 60.5 Å². The molecule has 37 heavy (non-hydrogen) atoms. The number of fused-ring (bicyclic) bond motifs is 1. The van der Waals surface area contributed by atoms with Crippen LogP contribution in [0.2, 0.25) is 0 Å². The normalized spacial score (nSPS) is 14.4. The van der Waals surface area contributed by atoms with E-state index in [-0.39, 0.29) is 30.8 Å². The maximum absolute atomic E-state index is 14.1. The lowest BCUT2D eigenvalue weighted by atomic mass is 10.0. The molecule has 1 saturated carbocycles. The molecule has 0 amide bonds. The Labute approximate surface area is 212 Å². The SMILES string of the molecule is C=C(C)/C=C(\OC)C1(C(F)(F)F)CC1.CNc1ccc2ncc(-c3ccc(CC(C)=O)c(F)c3)nc2n1. The number of alkyl halides is 3. The molecule has 1 aliphatic carbocycles. The maximum Gasteiger partial charge on any atom is 0.401 e. The van der Waals surface area contributed by atoms with Crippen molar-refractivity contribution in [1.82, 2.24) is 15.0 Å². The number of aromatic nitrogens is 3. The highest BCUT2D eigenvalue weighted by atomic mass is 19.4. The first kappa shape index (κ1) is 27.8. The number of pyridine rings is 1. The molecule has 2 aromatic heterocycles. The molecule has 10 heteroatoms. The van der Waals surface area contributed by atoms with Gasteiger partial charge in [-0.1, -0.05) is 24.3 Å². The van der Waals surface area contributed by atoms with Gasteiger partial charge in [0.15, 0.2) is 5.65 Å². The monoisotopic (exact) mass is 516 g/mol. The number of benzene rings is 1. The highest BCUT2D eigenvalue weighted by molar-refractivity contribution is 5.79. The number of hydrogen-bond donors (Lipinski definition) is 1. The van der Waals surface area contributed by atoms with Gasteiger partial charge in [0.25, 0.3) is 0 Å². The molecule has 1 N–H and O–H groups in total. The number of nitrogens with zero attached hydrogens (tertiary/aromatic N) is 3. The molecule has 6 nitrogen and oxygen atoms in total. The molecule has 0 saturated heterocycles. The van der Waals surface area contributed by atoms with Crippen molar-refractivity contribution in [1.29, 1.82) is 0 Å². The van der Waals surface area contributed by atoms with Gasteiger partial charge in [-0.2, -0.15) is 13.2 Å². The summed E-state index contributed by atoms with van der Waals surface area (Å²) in [6.45, 7) is 6.62. The van der Waals surface area contributed by atoms with E-state index in [0.29, 0.717) is 39.4 Å². The van der Waals surface area contributed by atoms with Crippen molar-refractivity contribution in [2.45, 2.75) is 39.3 Å². The quantitative estimate of drug-likeness (QED) is 0.221. The zero-order valence-electron chi connectivity index (χ0n) is 21.0. The van der Waals surface area contributed by atoms with Gasteiger partial charge in [0, 0.05) is 19.0 Å². The van der Waals surface area contributed by atoms with Crippen LogP contribution in [0.5, 0.6) is 0 Å². The second kappa shape index (κ2) is 11.1. The van der Waals surface area contributed by atoms with Crippen molar-refractivity contribution in [3.63, 3.8) is 0 Å². The van der Waals surface area contributed by atoms with E-state index in [2.05, 4.69) is 26.8 Å². The number of ketones is 1. The van der Waals surface area contributed by atoms with Crippen LogP contribution >= 0.6 is 0 Å². The largest absolute Gasteiger partial charge is 0.500 e. The van der Waals surface area contributed by atoms with Crippen molar-refractivity contribution in [2.24, 2.45) is 5.41 Å². The Hall–Kier alpha value is -3.82. The van der Waals surface area contributed by atoms with E-state index in [4.69, 9.17) is 4.74 Å². The van der Waals surface area contributed by atoms with Crippen LogP contribution in [-0.4, -0.2) is 41.1 Å². The molecule has 1 fully saturated rings. The fourth-order valence-corrected chi connectivity index (χ4v) is 3.71. The van der Waals surface area contributed by atoms with Crippen molar-refractivity contribution >= 4 is 22.8 Å².